The fourth-order valence-electron chi connectivity index (χ4n) is 1.67. The van der Waals surface area contributed by atoms with Gasteiger partial charge in [0.1, 0.15) is 6.07 Å². The van der Waals surface area contributed by atoms with Crippen molar-refractivity contribution in [1.82, 2.24) is 0 Å². The summed E-state index contributed by atoms with van der Waals surface area (Å²) in [6, 6.07) is 7.97. The Morgan fingerprint density at radius 2 is 1.50 bits per heavy atom. The van der Waals surface area contributed by atoms with Crippen LogP contribution >= 0.6 is 45.2 Å². The molecule has 0 fully saturated rings. The fraction of sp³-hybridized carbons (Fsp3) is 0.125. The highest BCUT2D eigenvalue weighted by Crippen LogP contribution is 2.26. The number of methoxy groups -OCH3 is 2. The summed E-state index contributed by atoms with van der Waals surface area (Å²) in [4.78, 5) is 10.4. The van der Waals surface area contributed by atoms with Crippen molar-refractivity contribution in [1.29, 1.82) is 5.26 Å². The number of halogens is 4. The van der Waals surface area contributed by atoms with E-state index in [1.54, 1.807) is 0 Å². The van der Waals surface area contributed by atoms with E-state index in [9.17, 15) is 13.6 Å². The molecule has 126 valence electrons. The van der Waals surface area contributed by atoms with Gasteiger partial charge in [-0.15, -0.1) is 0 Å². The van der Waals surface area contributed by atoms with Gasteiger partial charge in [-0.25, -0.2) is 8.78 Å². The van der Waals surface area contributed by atoms with Crippen molar-refractivity contribution in [2.24, 2.45) is 0 Å². The summed E-state index contributed by atoms with van der Waals surface area (Å²) in [5, 5.41) is 8.57. The number of aldehydes is 1. The van der Waals surface area contributed by atoms with Crippen LogP contribution in [0.25, 0.3) is 0 Å². The lowest BCUT2D eigenvalue weighted by atomic mass is 10.2. The molecule has 24 heavy (non-hydrogen) atoms. The van der Waals surface area contributed by atoms with Crippen molar-refractivity contribution in [3.05, 3.63) is 54.2 Å². The van der Waals surface area contributed by atoms with Gasteiger partial charge in [0.05, 0.1) is 32.5 Å². The van der Waals surface area contributed by atoms with E-state index >= 15 is 0 Å². The lowest BCUT2D eigenvalue weighted by Gasteiger charge is -2.05. The maximum absolute atomic E-state index is 13.2. The van der Waals surface area contributed by atoms with E-state index in [4.69, 9.17) is 14.7 Å². The van der Waals surface area contributed by atoms with Gasteiger partial charge in [-0.05, 0) is 69.4 Å². The van der Waals surface area contributed by atoms with Crippen molar-refractivity contribution < 1.29 is 23.0 Å². The molecule has 0 heterocycles. The van der Waals surface area contributed by atoms with Crippen LogP contribution in [0.1, 0.15) is 15.9 Å². The highest BCUT2D eigenvalue weighted by molar-refractivity contribution is 14.1. The number of carbonyl (C=O) groups excluding carboxylic acids is 1. The third kappa shape index (κ3) is 4.76. The largest absolute Gasteiger partial charge is 0.493 e. The molecule has 0 N–H and O–H groups in total. The molecule has 0 spiro atoms. The third-order valence-electron chi connectivity index (χ3n) is 2.79. The Balaban J connectivity index is 0.000000240. The number of nitriles is 1. The molecule has 2 aromatic carbocycles. The molecule has 0 unspecified atom stereocenters. The number of nitrogens with zero attached hydrogens (tertiary/aromatic N) is 1. The Hall–Kier alpha value is -1.48. The van der Waals surface area contributed by atoms with E-state index in [0.29, 0.717) is 13.4 Å². The second-order valence-corrected chi connectivity index (χ2v) is 6.48. The van der Waals surface area contributed by atoms with Crippen LogP contribution in [0.15, 0.2) is 24.3 Å². The van der Waals surface area contributed by atoms with E-state index in [2.05, 4.69) is 0 Å². The van der Waals surface area contributed by atoms with E-state index in [-0.39, 0.29) is 22.6 Å². The highest BCUT2D eigenvalue weighted by atomic mass is 127. The Bertz CT molecular complexity index is 792. The molecule has 2 rings (SSSR count). The number of rotatable bonds is 3. The van der Waals surface area contributed by atoms with Crippen LogP contribution in [0.3, 0.4) is 0 Å². The summed E-state index contributed by atoms with van der Waals surface area (Å²) in [6.07, 6.45) is 0.567. The Labute approximate surface area is 165 Å². The van der Waals surface area contributed by atoms with E-state index < -0.39 is 11.6 Å². The summed E-state index contributed by atoms with van der Waals surface area (Å²) in [5.74, 6) is -0.929. The minimum Gasteiger partial charge on any atom is -0.493 e. The minimum absolute atomic E-state index is 0.0110. The molecule has 0 saturated heterocycles. The molecule has 4 nitrogen and oxygen atoms in total. The number of hydrogen-bond acceptors (Lipinski definition) is 4. The van der Waals surface area contributed by atoms with Gasteiger partial charge in [-0.1, -0.05) is 0 Å². The molecule has 8 heteroatoms. The second kappa shape index (κ2) is 9.73. The van der Waals surface area contributed by atoms with Gasteiger partial charge in [0.25, 0.3) is 0 Å². The first-order valence-electron chi connectivity index (χ1n) is 6.30. The predicted molar refractivity (Wildman–Crippen MR) is 101 cm³/mol. The van der Waals surface area contributed by atoms with Crippen LogP contribution in [-0.2, 0) is 0 Å². The first kappa shape index (κ1) is 20.6. The van der Waals surface area contributed by atoms with Crippen LogP contribution in [-0.4, -0.2) is 20.5 Å². The Kier molecular flexibility index (Phi) is 8.34. The lowest BCUT2D eigenvalue weighted by molar-refractivity contribution is 0.111. The van der Waals surface area contributed by atoms with Gasteiger partial charge in [0, 0.05) is 0 Å². The first-order chi connectivity index (χ1) is 11.4. The van der Waals surface area contributed by atoms with E-state index in [1.165, 1.54) is 38.5 Å². The van der Waals surface area contributed by atoms with E-state index in [1.807, 2.05) is 51.3 Å². The number of ether oxygens (including phenoxy) is 2. The van der Waals surface area contributed by atoms with Crippen LogP contribution in [0.5, 0.6) is 11.5 Å². The fourth-order valence-corrected chi connectivity index (χ4v) is 2.52. The van der Waals surface area contributed by atoms with Crippen molar-refractivity contribution >= 4 is 51.5 Å². The van der Waals surface area contributed by atoms with Gasteiger partial charge in [0.15, 0.2) is 29.4 Å². The molecule has 0 aromatic heterocycles. The van der Waals surface area contributed by atoms with Gasteiger partial charge in [-0.2, -0.15) is 5.26 Å². The van der Waals surface area contributed by atoms with E-state index in [0.717, 1.165) is 0 Å². The summed E-state index contributed by atoms with van der Waals surface area (Å²) >= 11 is 3.68. The minimum atomic E-state index is -0.484. The zero-order valence-electron chi connectivity index (χ0n) is 12.6. The Morgan fingerprint density at radius 3 is 1.96 bits per heavy atom. The standard InChI is InChI=1S/C8H5FINO.C8H6FIO2/c2*1-12-8-5(4-11)2-3-6(10)7(8)9/h2-3H,1H3;2-4H,1H3. The quantitative estimate of drug-likeness (QED) is 0.411. The summed E-state index contributed by atoms with van der Waals surface area (Å²) in [7, 11) is 2.68. The van der Waals surface area contributed by atoms with Crippen molar-refractivity contribution in [2.45, 2.75) is 0 Å². The number of hydrogen-bond donors (Lipinski definition) is 0. The third-order valence-corrected chi connectivity index (χ3v) is 4.45. The first-order valence-corrected chi connectivity index (χ1v) is 8.46. The summed E-state index contributed by atoms with van der Waals surface area (Å²) in [6.45, 7) is 0. The summed E-state index contributed by atoms with van der Waals surface area (Å²) in [5.41, 5.74) is 0.450. The van der Waals surface area contributed by atoms with Gasteiger partial charge >= 0.3 is 0 Å². The molecule has 0 bridgehead atoms. The molecule has 0 amide bonds. The normalized spacial score (nSPS) is 9.38. The van der Waals surface area contributed by atoms with Crippen LogP contribution < -0.4 is 9.47 Å². The zero-order valence-corrected chi connectivity index (χ0v) is 16.9. The lowest BCUT2D eigenvalue weighted by Crippen LogP contribution is -1.96. The highest BCUT2D eigenvalue weighted by Gasteiger charge is 2.12. The molecular formula is C16H11F2I2NO3. The summed E-state index contributed by atoms with van der Waals surface area (Å²) < 4.78 is 36.7. The maximum Gasteiger partial charge on any atom is 0.179 e. The van der Waals surface area contributed by atoms with Gasteiger partial charge in [-0.3, -0.25) is 4.79 Å². The average Bonchev–Trinajstić information content (AvgIpc) is 2.59. The topological polar surface area (TPSA) is 59.3 Å². The predicted octanol–water partition coefficient (Wildman–Crippen LogP) is 4.56. The van der Waals surface area contributed by atoms with Crippen LogP contribution in [0.4, 0.5) is 8.78 Å². The van der Waals surface area contributed by atoms with Gasteiger partial charge < -0.3 is 9.47 Å². The molecule has 0 radical (unpaired) electrons. The molecule has 0 aliphatic carbocycles. The average molecular weight is 557 g/mol. The monoisotopic (exact) mass is 557 g/mol. The van der Waals surface area contributed by atoms with Crippen LogP contribution in [0, 0.1) is 30.1 Å². The smallest absolute Gasteiger partial charge is 0.179 e. The van der Waals surface area contributed by atoms with Crippen molar-refractivity contribution in [3.63, 3.8) is 0 Å². The van der Waals surface area contributed by atoms with Crippen molar-refractivity contribution in [2.75, 3.05) is 14.2 Å². The molecule has 0 atom stereocenters. The SMILES string of the molecule is COc1c(C#N)ccc(I)c1F.COc1c(C=O)ccc(I)c1F. The van der Waals surface area contributed by atoms with Gasteiger partial charge in [0.2, 0.25) is 0 Å². The maximum atomic E-state index is 13.2. The number of carbonyl (C=O) groups is 1. The molecule has 0 saturated carbocycles. The second-order valence-electron chi connectivity index (χ2n) is 4.16. The Morgan fingerprint density at radius 1 is 1.00 bits per heavy atom. The molecular weight excluding hydrogens is 546 g/mol. The molecule has 2 aromatic rings. The van der Waals surface area contributed by atoms with Crippen LogP contribution in [0.2, 0.25) is 0 Å². The molecule has 0 aliphatic heterocycles. The number of benzene rings is 2. The molecule has 0 aliphatic rings. The zero-order chi connectivity index (χ0) is 18.3. The van der Waals surface area contributed by atoms with Crippen molar-refractivity contribution in [3.8, 4) is 17.6 Å².